The van der Waals surface area contributed by atoms with Gasteiger partial charge in [0.25, 0.3) is 0 Å². The Balaban J connectivity index is 3.02. The van der Waals surface area contributed by atoms with Gasteiger partial charge in [0.1, 0.15) is 0 Å². The summed E-state index contributed by atoms with van der Waals surface area (Å²) in [5, 5.41) is 9.36. The molecule has 0 heterocycles. The maximum atomic E-state index is 9.36. The van der Waals surface area contributed by atoms with E-state index in [1.807, 2.05) is 12.3 Å². The van der Waals surface area contributed by atoms with Crippen molar-refractivity contribution in [2.45, 2.75) is 38.2 Å². The van der Waals surface area contributed by atoms with Gasteiger partial charge in [0.05, 0.1) is 6.10 Å². The molecule has 12 heavy (non-hydrogen) atoms. The molecule has 0 aliphatic heterocycles. The molecule has 0 amide bonds. The van der Waals surface area contributed by atoms with Crippen molar-refractivity contribution >= 4 is 11.8 Å². The molecule has 0 aromatic heterocycles. The third kappa shape index (κ3) is 8.15. The molecule has 0 fully saturated rings. The second-order valence-corrected chi connectivity index (χ2v) is 3.95. The third-order valence-electron chi connectivity index (χ3n) is 1.80. The SMILES string of the molecule is C=CCCCCCC(O)CSC. The average Bonchev–Trinajstić information content (AvgIpc) is 2.05. The van der Waals surface area contributed by atoms with Gasteiger partial charge in [0.15, 0.2) is 0 Å². The van der Waals surface area contributed by atoms with E-state index in [1.165, 1.54) is 12.8 Å². The zero-order valence-electron chi connectivity index (χ0n) is 7.96. The minimum Gasteiger partial charge on any atom is -0.392 e. The van der Waals surface area contributed by atoms with Crippen LogP contribution >= 0.6 is 11.8 Å². The Morgan fingerprint density at radius 2 is 2.17 bits per heavy atom. The lowest BCUT2D eigenvalue weighted by molar-refractivity contribution is 0.185. The number of aliphatic hydroxyl groups excluding tert-OH is 1. The molecule has 0 saturated carbocycles. The maximum Gasteiger partial charge on any atom is 0.0630 e. The molecule has 0 spiro atoms. The molecule has 0 rings (SSSR count). The molecule has 0 bridgehead atoms. The lowest BCUT2D eigenvalue weighted by Gasteiger charge is -2.07. The van der Waals surface area contributed by atoms with Crippen molar-refractivity contribution in [3.63, 3.8) is 0 Å². The van der Waals surface area contributed by atoms with Crippen molar-refractivity contribution in [3.05, 3.63) is 12.7 Å². The van der Waals surface area contributed by atoms with Crippen molar-refractivity contribution in [1.82, 2.24) is 0 Å². The van der Waals surface area contributed by atoms with Gasteiger partial charge in [0.2, 0.25) is 0 Å². The molecule has 1 unspecified atom stereocenters. The van der Waals surface area contributed by atoms with Crippen molar-refractivity contribution in [2.24, 2.45) is 0 Å². The highest BCUT2D eigenvalue weighted by atomic mass is 32.2. The molecule has 0 aromatic carbocycles. The predicted molar refractivity (Wildman–Crippen MR) is 57.7 cm³/mol. The van der Waals surface area contributed by atoms with Crippen LogP contribution in [0.3, 0.4) is 0 Å². The second kappa shape index (κ2) is 9.14. The van der Waals surface area contributed by atoms with E-state index in [-0.39, 0.29) is 6.10 Å². The number of rotatable bonds is 8. The number of hydrogen-bond donors (Lipinski definition) is 1. The standard InChI is InChI=1S/C10H20OS/c1-3-4-5-6-7-8-10(11)9-12-2/h3,10-11H,1,4-9H2,2H3. The first kappa shape index (κ1) is 12.0. The second-order valence-electron chi connectivity index (χ2n) is 3.04. The summed E-state index contributed by atoms with van der Waals surface area (Å²) in [6, 6.07) is 0. The van der Waals surface area contributed by atoms with Crippen LogP contribution in [0.1, 0.15) is 32.1 Å². The van der Waals surface area contributed by atoms with Crippen molar-refractivity contribution in [3.8, 4) is 0 Å². The molecule has 0 radical (unpaired) electrons. The summed E-state index contributed by atoms with van der Waals surface area (Å²) in [5.41, 5.74) is 0. The topological polar surface area (TPSA) is 20.2 Å². The molecule has 1 atom stereocenters. The van der Waals surface area contributed by atoms with E-state index < -0.39 is 0 Å². The van der Waals surface area contributed by atoms with Crippen LogP contribution in [0, 0.1) is 0 Å². The van der Waals surface area contributed by atoms with Gasteiger partial charge in [-0.25, -0.2) is 0 Å². The van der Waals surface area contributed by atoms with Gasteiger partial charge >= 0.3 is 0 Å². The summed E-state index contributed by atoms with van der Waals surface area (Å²) in [4.78, 5) is 0. The number of thioether (sulfide) groups is 1. The molecule has 0 aliphatic carbocycles. The lowest BCUT2D eigenvalue weighted by atomic mass is 10.1. The quantitative estimate of drug-likeness (QED) is 0.467. The van der Waals surface area contributed by atoms with Crippen LogP contribution in [0.2, 0.25) is 0 Å². The van der Waals surface area contributed by atoms with E-state index in [2.05, 4.69) is 6.58 Å². The van der Waals surface area contributed by atoms with Gasteiger partial charge in [-0.15, -0.1) is 6.58 Å². The molecule has 1 N–H and O–H groups in total. The Kier molecular flexibility index (Phi) is 9.18. The molecule has 72 valence electrons. The largest absolute Gasteiger partial charge is 0.392 e. The summed E-state index contributed by atoms with van der Waals surface area (Å²) in [6.45, 7) is 3.67. The number of aliphatic hydroxyl groups is 1. The van der Waals surface area contributed by atoms with Crippen molar-refractivity contribution < 1.29 is 5.11 Å². The first-order valence-electron chi connectivity index (χ1n) is 4.59. The fraction of sp³-hybridized carbons (Fsp3) is 0.800. The normalized spacial score (nSPS) is 12.8. The lowest BCUT2D eigenvalue weighted by Crippen LogP contribution is -2.08. The van der Waals surface area contributed by atoms with Crippen LogP contribution in [0.25, 0.3) is 0 Å². The molecular weight excluding hydrogens is 168 g/mol. The smallest absolute Gasteiger partial charge is 0.0630 e. The fourth-order valence-electron chi connectivity index (χ4n) is 1.12. The molecule has 0 saturated heterocycles. The minimum atomic E-state index is -0.0938. The van der Waals surface area contributed by atoms with Crippen LogP contribution in [0.15, 0.2) is 12.7 Å². The Labute approximate surface area is 80.3 Å². The highest BCUT2D eigenvalue weighted by Gasteiger charge is 2.01. The van der Waals surface area contributed by atoms with E-state index in [1.54, 1.807) is 11.8 Å². The van der Waals surface area contributed by atoms with E-state index >= 15 is 0 Å². The van der Waals surface area contributed by atoms with Crippen LogP contribution in [0.4, 0.5) is 0 Å². The van der Waals surface area contributed by atoms with E-state index in [0.717, 1.165) is 25.0 Å². The van der Waals surface area contributed by atoms with E-state index in [4.69, 9.17) is 0 Å². The first-order valence-corrected chi connectivity index (χ1v) is 5.98. The van der Waals surface area contributed by atoms with Crippen molar-refractivity contribution in [2.75, 3.05) is 12.0 Å². The summed E-state index contributed by atoms with van der Waals surface area (Å²) in [7, 11) is 0. The van der Waals surface area contributed by atoms with Gasteiger partial charge in [0, 0.05) is 5.75 Å². The zero-order valence-corrected chi connectivity index (χ0v) is 8.78. The van der Waals surface area contributed by atoms with Gasteiger partial charge in [-0.05, 0) is 25.5 Å². The van der Waals surface area contributed by atoms with Crippen LogP contribution in [0.5, 0.6) is 0 Å². The number of unbranched alkanes of at least 4 members (excludes halogenated alkanes) is 3. The zero-order chi connectivity index (χ0) is 9.23. The van der Waals surface area contributed by atoms with Crippen LogP contribution in [-0.2, 0) is 0 Å². The predicted octanol–water partition coefficient (Wildman–Crippen LogP) is 2.85. The Hall–Kier alpha value is 0.0500. The fourth-order valence-corrected chi connectivity index (χ4v) is 1.67. The Bertz CT molecular complexity index is 104. The van der Waals surface area contributed by atoms with E-state index in [9.17, 15) is 5.11 Å². The highest BCUT2D eigenvalue weighted by molar-refractivity contribution is 7.98. The number of allylic oxidation sites excluding steroid dienone is 1. The summed E-state index contributed by atoms with van der Waals surface area (Å²) in [6.07, 6.45) is 9.54. The first-order chi connectivity index (χ1) is 5.81. The number of hydrogen-bond acceptors (Lipinski definition) is 2. The third-order valence-corrected chi connectivity index (χ3v) is 2.52. The average molecular weight is 188 g/mol. The van der Waals surface area contributed by atoms with Gasteiger partial charge < -0.3 is 5.11 Å². The minimum absolute atomic E-state index is 0.0938. The Morgan fingerprint density at radius 1 is 1.42 bits per heavy atom. The maximum absolute atomic E-state index is 9.36. The van der Waals surface area contributed by atoms with Crippen LogP contribution < -0.4 is 0 Å². The van der Waals surface area contributed by atoms with Gasteiger partial charge in [-0.2, -0.15) is 11.8 Å². The van der Waals surface area contributed by atoms with Crippen LogP contribution in [-0.4, -0.2) is 23.2 Å². The van der Waals surface area contributed by atoms with Crippen molar-refractivity contribution in [1.29, 1.82) is 0 Å². The highest BCUT2D eigenvalue weighted by Crippen LogP contribution is 2.08. The monoisotopic (exact) mass is 188 g/mol. The van der Waals surface area contributed by atoms with Gasteiger partial charge in [-0.1, -0.05) is 18.9 Å². The molecule has 0 aromatic rings. The van der Waals surface area contributed by atoms with E-state index in [0.29, 0.717) is 0 Å². The van der Waals surface area contributed by atoms with Gasteiger partial charge in [-0.3, -0.25) is 0 Å². The summed E-state index contributed by atoms with van der Waals surface area (Å²) >= 11 is 1.71. The molecular formula is C10H20OS. The summed E-state index contributed by atoms with van der Waals surface area (Å²) in [5.74, 6) is 0.876. The molecule has 1 nitrogen and oxygen atoms in total. The molecule has 0 aliphatic rings. The molecule has 2 heteroatoms. The summed E-state index contributed by atoms with van der Waals surface area (Å²) < 4.78 is 0. The Morgan fingerprint density at radius 3 is 2.75 bits per heavy atom.